The van der Waals surface area contributed by atoms with E-state index in [2.05, 4.69) is 15.2 Å². The third-order valence-corrected chi connectivity index (χ3v) is 4.07. The van der Waals surface area contributed by atoms with Gasteiger partial charge < -0.3 is 15.3 Å². The van der Waals surface area contributed by atoms with Crippen LogP contribution in [0.4, 0.5) is 5.82 Å². The van der Waals surface area contributed by atoms with Gasteiger partial charge in [0.2, 0.25) is 0 Å². The monoisotopic (exact) mass is 311 g/mol. The van der Waals surface area contributed by atoms with Crippen molar-refractivity contribution in [3.05, 3.63) is 59.8 Å². The highest BCUT2D eigenvalue weighted by atomic mass is 16.3. The van der Waals surface area contributed by atoms with E-state index in [9.17, 15) is 9.90 Å². The van der Waals surface area contributed by atoms with Gasteiger partial charge in [-0.15, -0.1) is 0 Å². The molecule has 2 aromatic rings. The van der Waals surface area contributed by atoms with Crippen molar-refractivity contribution in [3.63, 3.8) is 0 Å². The first-order valence-electron chi connectivity index (χ1n) is 7.94. The lowest BCUT2D eigenvalue weighted by Gasteiger charge is -2.17. The molecule has 0 bridgehead atoms. The molecule has 1 aliphatic rings. The molecule has 0 spiro atoms. The minimum absolute atomic E-state index is 0.381. The summed E-state index contributed by atoms with van der Waals surface area (Å²) in [6.45, 7) is 2.46. The second-order valence-corrected chi connectivity index (χ2v) is 5.75. The van der Waals surface area contributed by atoms with Crippen molar-refractivity contribution in [1.29, 1.82) is 0 Å². The first kappa shape index (κ1) is 15.5. The first-order chi connectivity index (χ1) is 11.2. The third kappa shape index (κ3) is 3.87. The van der Waals surface area contributed by atoms with Gasteiger partial charge in [0.05, 0.1) is 0 Å². The van der Waals surface area contributed by atoms with Gasteiger partial charge in [0.15, 0.2) is 6.10 Å². The fourth-order valence-electron chi connectivity index (χ4n) is 2.76. The van der Waals surface area contributed by atoms with E-state index in [1.54, 1.807) is 30.5 Å². The van der Waals surface area contributed by atoms with Gasteiger partial charge in [-0.3, -0.25) is 4.79 Å². The molecule has 120 valence electrons. The molecule has 3 rings (SSSR count). The molecule has 1 amide bonds. The number of nitrogens with one attached hydrogen (secondary N) is 1. The minimum atomic E-state index is -1.14. The maximum absolute atomic E-state index is 12.1. The van der Waals surface area contributed by atoms with E-state index in [1.165, 1.54) is 12.8 Å². The lowest BCUT2D eigenvalue weighted by Crippen LogP contribution is -2.29. The number of carbonyl (C=O) groups excluding carboxylic acids is 1. The molecule has 1 aliphatic heterocycles. The van der Waals surface area contributed by atoms with Crippen LogP contribution in [0.15, 0.2) is 48.7 Å². The van der Waals surface area contributed by atoms with E-state index in [-0.39, 0.29) is 0 Å². The maximum atomic E-state index is 12.1. The molecule has 23 heavy (non-hydrogen) atoms. The summed E-state index contributed by atoms with van der Waals surface area (Å²) in [6, 6.07) is 12.8. The molecular weight excluding hydrogens is 290 g/mol. The van der Waals surface area contributed by atoms with Crippen LogP contribution >= 0.6 is 0 Å². The summed E-state index contributed by atoms with van der Waals surface area (Å²) in [5.74, 6) is 0.564. The van der Waals surface area contributed by atoms with Crippen LogP contribution in [-0.2, 0) is 11.3 Å². The summed E-state index contributed by atoms with van der Waals surface area (Å²) in [7, 11) is 0. The van der Waals surface area contributed by atoms with Gasteiger partial charge in [0.25, 0.3) is 5.91 Å². The van der Waals surface area contributed by atoms with Crippen molar-refractivity contribution in [3.8, 4) is 0 Å². The number of rotatable bonds is 5. The molecule has 1 atom stereocenters. The Bertz CT molecular complexity index is 654. The van der Waals surface area contributed by atoms with Crippen molar-refractivity contribution >= 4 is 11.7 Å². The zero-order valence-corrected chi connectivity index (χ0v) is 13.0. The van der Waals surface area contributed by atoms with Gasteiger partial charge in [0, 0.05) is 25.8 Å². The van der Waals surface area contributed by atoms with Crippen molar-refractivity contribution < 1.29 is 9.90 Å². The predicted molar refractivity (Wildman–Crippen MR) is 88.9 cm³/mol. The number of benzene rings is 1. The zero-order chi connectivity index (χ0) is 16.1. The number of anilines is 1. The van der Waals surface area contributed by atoms with Crippen molar-refractivity contribution in [2.45, 2.75) is 25.5 Å². The number of nitrogens with zero attached hydrogens (tertiary/aromatic N) is 2. The summed E-state index contributed by atoms with van der Waals surface area (Å²) in [6.07, 6.45) is 3.02. The van der Waals surface area contributed by atoms with Crippen molar-refractivity contribution in [1.82, 2.24) is 10.3 Å². The summed E-state index contributed by atoms with van der Waals surface area (Å²) in [5, 5.41) is 12.8. The first-order valence-corrected chi connectivity index (χ1v) is 7.94. The molecule has 1 aromatic carbocycles. The highest BCUT2D eigenvalue weighted by Crippen LogP contribution is 2.18. The number of aliphatic hydroxyl groups is 1. The van der Waals surface area contributed by atoms with Gasteiger partial charge in [-0.05, 0) is 36.1 Å². The Morgan fingerprint density at radius 2 is 1.96 bits per heavy atom. The van der Waals surface area contributed by atoms with Gasteiger partial charge in [-0.2, -0.15) is 0 Å². The molecule has 5 heteroatoms. The second kappa shape index (κ2) is 7.24. The Morgan fingerprint density at radius 3 is 2.70 bits per heavy atom. The summed E-state index contributed by atoms with van der Waals surface area (Å²) in [4.78, 5) is 18.7. The number of carbonyl (C=O) groups is 1. The average molecular weight is 311 g/mol. The van der Waals surface area contributed by atoms with E-state index in [0.717, 1.165) is 24.5 Å². The minimum Gasteiger partial charge on any atom is -0.378 e. The average Bonchev–Trinajstić information content (AvgIpc) is 3.15. The van der Waals surface area contributed by atoms with Crippen LogP contribution in [0, 0.1) is 0 Å². The van der Waals surface area contributed by atoms with Crippen LogP contribution in [0.25, 0.3) is 0 Å². The normalized spacial score (nSPS) is 15.4. The number of hydrogen-bond acceptors (Lipinski definition) is 4. The molecule has 0 aliphatic carbocycles. The van der Waals surface area contributed by atoms with Gasteiger partial charge >= 0.3 is 0 Å². The number of hydrogen-bond donors (Lipinski definition) is 2. The van der Waals surface area contributed by atoms with E-state index >= 15 is 0 Å². The Morgan fingerprint density at radius 1 is 1.22 bits per heavy atom. The van der Waals surface area contributed by atoms with Crippen LogP contribution < -0.4 is 10.2 Å². The Kier molecular flexibility index (Phi) is 4.88. The molecule has 0 saturated carbocycles. The van der Waals surface area contributed by atoms with E-state index in [1.807, 2.05) is 18.2 Å². The SMILES string of the molecule is O=C(NCc1ccnc(N2CCCC2)c1)C(O)c1ccccc1. The Labute approximate surface area is 136 Å². The molecule has 5 nitrogen and oxygen atoms in total. The summed E-state index contributed by atoms with van der Waals surface area (Å²) in [5.41, 5.74) is 1.58. The van der Waals surface area contributed by atoms with E-state index in [4.69, 9.17) is 0 Å². The van der Waals surface area contributed by atoms with Gasteiger partial charge in [-0.1, -0.05) is 30.3 Å². The van der Waals surface area contributed by atoms with Crippen LogP contribution in [0.3, 0.4) is 0 Å². The zero-order valence-electron chi connectivity index (χ0n) is 13.0. The lowest BCUT2D eigenvalue weighted by molar-refractivity contribution is -0.129. The van der Waals surface area contributed by atoms with Crippen molar-refractivity contribution in [2.75, 3.05) is 18.0 Å². The number of amides is 1. The largest absolute Gasteiger partial charge is 0.378 e. The third-order valence-electron chi connectivity index (χ3n) is 4.07. The molecular formula is C18H21N3O2. The Balaban J connectivity index is 1.59. The molecule has 2 heterocycles. The molecule has 2 N–H and O–H groups in total. The standard InChI is InChI=1S/C18H21N3O2/c22-17(15-6-2-1-3-7-15)18(23)20-13-14-8-9-19-16(12-14)21-10-4-5-11-21/h1-3,6-9,12,17,22H,4-5,10-11,13H2,(H,20,23). The van der Waals surface area contributed by atoms with Gasteiger partial charge in [0.1, 0.15) is 5.82 Å². The van der Waals surface area contributed by atoms with E-state index in [0.29, 0.717) is 12.1 Å². The summed E-state index contributed by atoms with van der Waals surface area (Å²) < 4.78 is 0. The maximum Gasteiger partial charge on any atom is 0.253 e. The topological polar surface area (TPSA) is 65.5 Å². The Hall–Kier alpha value is -2.40. The number of aliphatic hydroxyl groups excluding tert-OH is 1. The fourth-order valence-corrected chi connectivity index (χ4v) is 2.76. The second-order valence-electron chi connectivity index (χ2n) is 5.75. The summed E-state index contributed by atoms with van der Waals surface area (Å²) >= 11 is 0. The molecule has 1 unspecified atom stereocenters. The molecule has 1 fully saturated rings. The van der Waals surface area contributed by atoms with Crippen LogP contribution in [0.5, 0.6) is 0 Å². The highest BCUT2D eigenvalue weighted by Gasteiger charge is 2.17. The number of aromatic nitrogens is 1. The van der Waals surface area contributed by atoms with Gasteiger partial charge in [-0.25, -0.2) is 4.98 Å². The highest BCUT2D eigenvalue weighted by molar-refractivity contribution is 5.81. The molecule has 0 radical (unpaired) electrons. The predicted octanol–water partition coefficient (Wildman–Crippen LogP) is 2.03. The van der Waals surface area contributed by atoms with E-state index < -0.39 is 12.0 Å². The fraction of sp³-hybridized carbons (Fsp3) is 0.333. The number of pyridine rings is 1. The smallest absolute Gasteiger partial charge is 0.253 e. The lowest BCUT2D eigenvalue weighted by atomic mass is 10.1. The van der Waals surface area contributed by atoms with Crippen LogP contribution in [-0.4, -0.2) is 29.1 Å². The van der Waals surface area contributed by atoms with Crippen LogP contribution in [0.2, 0.25) is 0 Å². The molecule has 1 aromatic heterocycles. The quantitative estimate of drug-likeness (QED) is 0.887. The molecule has 1 saturated heterocycles. The van der Waals surface area contributed by atoms with Crippen LogP contribution in [0.1, 0.15) is 30.1 Å². The van der Waals surface area contributed by atoms with Crippen molar-refractivity contribution in [2.24, 2.45) is 0 Å².